The first-order valence-electron chi connectivity index (χ1n) is 9.32. The Morgan fingerprint density at radius 2 is 2.15 bits per heavy atom. The predicted octanol–water partition coefficient (Wildman–Crippen LogP) is 1.96. The number of rotatable bonds is 7. The molecule has 1 heterocycles. The summed E-state index contributed by atoms with van der Waals surface area (Å²) in [6, 6.07) is 4.74. The van der Waals surface area contributed by atoms with Gasteiger partial charge in [-0.3, -0.25) is 14.2 Å². The summed E-state index contributed by atoms with van der Waals surface area (Å²) in [5.41, 5.74) is 1.29. The maximum Gasteiger partial charge on any atom is 0.328 e. The van der Waals surface area contributed by atoms with Crippen LogP contribution in [0, 0.1) is 0 Å². The number of hydrogen-bond acceptors (Lipinski definition) is 4. The molecule has 0 radical (unpaired) electrons. The molecule has 27 heavy (non-hydrogen) atoms. The first-order chi connectivity index (χ1) is 13.1. The van der Waals surface area contributed by atoms with Crippen molar-refractivity contribution >= 4 is 16.8 Å². The summed E-state index contributed by atoms with van der Waals surface area (Å²) < 4.78 is 6.03. The third-order valence-electron chi connectivity index (χ3n) is 4.88. The topological polar surface area (TPSA) is 93.2 Å². The molecule has 144 valence electrons. The fraction of sp³-hybridized carbons (Fsp3) is 0.450. The molecule has 0 saturated carbocycles. The van der Waals surface area contributed by atoms with Crippen molar-refractivity contribution in [2.24, 2.45) is 0 Å². The van der Waals surface area contributed by atoms with Crippen LogP contribution in [-0.2, 0) is 11.3 Å². The Balaban J connectivity index is 1.73. The minimum absolute atomic E-state index is 0.179. The first-order valence-corrected chi connectivity index (χ1v) is 9.32. The van der Waals surface area contributed by atoms with Gasteiger partial charge in [0.1, 0.15) is 0 Å². The molecule has 3 rings (SSSR count). The van der Waals surface area contributed by atoms with E-state index in [4.69, 9.17) is 4.74 Å². The second-order valence-corrected chi connectivity index (χ2v) is 6.75. The highest BCUT2D eigenvalue weighted by atomic mass is 16.5. The first kappa shape index (κ1) is 19.1. The molecule has 0 aliphatic heterocycles. The fourth-order valence-electron chi connectivity index (χ4n) is 3.35. The van der Waals surface area contributed by atoms with Crippen molar-refractivity contribution in [2.45, 2.75) is 38.6 Å². The van der Waals surface area contributed by atoms with E-state index in [2.05, 4.69) is 16.4 Å². The van der Waals surface area contributed by atoms with E-state index in [-0.39, 0.29) is 24.6 Å². The Kier molecular flexibility index (Phi) is 6.24. The van der Waals surface area contributed by atoms with Gasteiger partial charge in [0, 0.05) is 19.2 Å². The highest BCUT2D eigenvalue weighted by Gasteiger charge is 2.12. The largest absolute Gasteiger partial charge is 0.383 e. The van der Waals surface area contributed by atoms with Crippen LogP contribution in [0.15, 0.2) is 39.4 Å². The average molecular weight is 371 g/mol. The van der Waals surface area contributed by atoms with Gasteiger partial charge in [-0.15, -0.1) is 0 Å². The zero-order valence-corrected chi connectivity index (χ0v) is 15.5. The minimum atomic E-state index is -0.508. The zero-order valence-electron chi connectivity index (χ0n) is 15.5. The Labute approximate surface area is 157 Å². The van der Waals surface area contributed by atoms with Gasteiger partial charge in [-0.25, -0.2) is 4.79 Å². The molecule has 0 bridgehead atoms. The van der Waals surface area contributed by atoms with Crippen LogP contribution in [0.1, 0.15) is 42.5 Å². The van der Waals surface area contributed by atoms with E-state index in [1.807, 2.05) is 0 Å². The molecular weight excluding hydrogens is 346 g/mol. The smallest absolute Gasteiger partial charge is 0.328 e. The summed E-state index contributed by atoms with van der Waals surface area (Å²) in [4.78, 5) is 39.7. The number of nitrogens with one attached hydrogen (secondary N) is 2. The van der Waals surface area contributed by atoms with E-state index in [0.29, 0.717) is 23.0 Å². The fourth-order valence-corrected chi connectivity index (χ4v) is 3.35. The number of aromatic nitrogens is 2. The molecule has 0 fully saturated rings. The standard InChI is InChI=1S/C20H25N3O4/c1-27-12-11-23-19(25)16-8-7-15(13-17(16)22-20(23)26)18(24)21-10-9-14-5-3-2-4-6-14/h5,7-8,13H,2-4,6,9-12H2,1H3,(H,21,24)(H,22,26). The number of carbonyl (C=O) groups excluding carboxylic acids is 1. The lowest BCUT2D eigenvalue weighted by Crippen LogP contribution is -2.36. The molecule has 1 amide bonds. The van der Waals surface area contributed by atoms with Crippen molar-refractivity contribution < 1.29 is 9.53 Å². The number of allylic oxidation sites excluding steroid dienone is 1. The second-order valence-electron chi connectivity index (χ2n) is 6.75. The summed E-state index contributed by atoms with van der Waals surface area (Å²) in [5, 5.41) is 3.28. The van der Waals surface area contributed by atoms with Crippen LogP contribution in [0.4, 0.5) is 0 Å². The monoisotopic (exact) mass is 371 g/mol. The summed E-state index contributed by atoms with van der Waals surface area (Å²) in [7, 11) is 1.51. The van der Waals surface area contributed by atoms with Crippen molar-refractivity contribution in [1.82, 2.24) is 14.9 Å². The lowest BCUT2D eigenvalue weighted by atomic mass is 9.97. The van der Waals surface area contributed by atoms with Crippen molar-refractivity contribution in [3.8, 4) is 0 Å². The Hall–Kier alpha value is -2.67. The van der Waals surface area contributed by atoms with Crippen molar-refractivity contribution in [3.63, 3.8) is 0 Å². The molecule has 1 aromatic heterocycles. The van der Waals surface area contributed by atoms with Crippen molar-refractivity contribution in [1.29, 1.82) is 0 Å². The van der Waals surface area contributed by atoms with Gasteiger partial charge in [0.05, 0.1) is 24.1 Å². The Bertz CT molecular complexity index is 971. The van der Waals surface area contributed by atoms with Gasteiger partial charge < -0.3 is 15.0 Å². The number of benzene rings is 1. The third-order valence-corrected chi connectivity index (χ3v) is 4.88. The average Bonchev–Trinajstić information content (AvgIpc) is 2.68. The summed E-state index contributed by atoms with van der Waals surface area (Å²) in [5.74, 6) is -0.210. The predicted molar refractivity (Wildman–Crippen MR) is 104 cm³/mol. The van der Waals surface area contributed by atoms with Gasteiger partial charge in [0.15, 0.2) is 0 Å². The number of fused-ring (bicyclic) bond motifs is 1. The number of hydrogen-bond donors (Lipinski definition) is 2. The highest BCUT2D eigenvalue weighted by molar-refractivity contribution is 5.97. The maximum absolute atomic E-state index is 12.5. The molecule has 2 N–H and O–H groups in total. The molecule has 1 aliphatic rings. The number of H-pyrrole nitrogens is 1. The highest BCUT2D eigenvalue weighted by Crippen LogP contribution is 2.19. The Morgan fingerprint density at radius 3 is 2.89 bits per heavy atom. The van der Waals surface area contributed by atoms with E-state index in [1.165, 1.54) is 25.5 Å². The minimum Gasteiger partial charge on any atom is -0.383 e. The molecule has 7 heteroatoms. The van der Waals surface area contributed by atoms with E-state index in [9.17, 15) is 14.4 Å². The van der Waals surface area contributed by atoms with Crippen LogP contribution in [0.2, 0.25) is 0 Å². The quantitative estimate of drug-likeness (QED) is 0.728. The zero-order chi connectivity index (χ0) is 19.2. The van der Waals surface area contributed by atoms with Crippen LogP contribution in [0.5, 0.6) is 0 Å². The van der Waals surface area contributed by atoms with Gasteiger partial charge in [-0.1, -0.05) is 11.6 Å². The maximum atomic E-state index is 12.5. The van der Waals surface area contributed by atoms with Gasteiger partial charge in [0.2, 0.25) is 0 Å². The summed E-state index contributed by atoms with van der Waals surface area (Å²) in [6.07, 6.45) is 7.84. The number of nitrogens with zero attached hydrogens (tertiary/aromatic N) is 1. The lowest BCUT2D eigenvalue weighted by molar-refractivity contribution is 0.0954. The number of amides is 1. The van der Waals surface area contributed by atoms with Crippen molar-refractivity contribution in [2.75, 3.05) is 20.3 Å². The van der Waals surface area contributed by atoms with Gasteiger partial charge in [-0.2, -0.15) is 0 Å². The van der Waals surface area contributed by atoms with E-state index in [1.54, 1.807) is 18.2 Å². The van der Waals surface area contributed by atoms with Crippen LogP contribution in [0.25, 0.3) is 10.9 Å². The molecule has 0 spiro atoms. The van der Waals surface area contributed by atoms with Gasteiger partial charge in [0.25, 0.3) is 11.5 Å². The molecular formula is C20H25N3O4. The normalized spacial score (nSPS) is 14.2. The number of aromatic amines is 1. The van der Waals surface area contributed by atoms with Crippen LogP contribution < -0.4 is 16.6 Å². The van der Waals surface area contributed by atoms with Crippen LogP contribution in [0.3, 0.4) is 0 Å². The third kappa shape index (κ3) is 4.54. The molecule has 1 aliphatic carbocycles. The van der Waals surface area contributed by atoms with Gasteiger partial charge >= 0.3 is 5.69 Å². The van der Waals surface area contributed by atoms with Gasteiger partial charge in [-0.05, 0) is 50.3 Å². The molecule has 0 saturated heterocycles. The molecule has 0 atom stereocenters. The number of ether oxygens (including phenoxy) is 1. The molecule has 1 aromatic carbocycles. The SMILES string of the molecule is COCCn1c(=O)[nH]c2cc(C(=O)NCCC3=CCCCC3)ccc2c1=O. The van der Waals surface area contributed by atoms with Crippen LogP contribution >= 0.6 is 0 Å². The van der Waals surface area contributed by atoms with Crippen LogP contribution in [-0.4, -0.2) is 35.7 Å². The molecule has 7 nitrogen and oxygen atoms in total. The summed E-state index contributed by atoms with van der Waals surface area (Å²) in [6.45, 7) is 1.03. The summed E-state index contributed by atoms with van der Waals surface area (Å²) >= 11 is 0. The van der Waals surface area contributed by atoms with E-state index < -0.39 is 5.69 Å². The number of carbonyl (C=O) groups is 1. The number of methoxy groups -OCH3 is 1. The Morgan fingerprint density at radius 1 is 1.30 bits per heavy atom. The lowest BCUT2D eigenvalue weighted by Gasteiger charge is -2.13. The molecule has 0 unspecified atom stereocenters. The molecule has 2 aromatic rings. The van der Waals surface area contributed by atoms with Crippen molar-refractivity contribution in [3.05, 3.63) is 56.2 Å². The second kappa shape index (κ2) is 8.81. The van der Waals surface area contributed by atoms with E-state index >= 15 is 0 Å². The van der Waals surface area contributed by atoms with E-state index in [0.717, 1.165) is 23.8 Å².